The zero-order valence-corrected chi connectivity index (χ0v) is 9.61. The molecule has 2 aromatic rings. The fourth-order valence-electron chi connectivity index (χ4n) is 1.63. The van der Waals surface area contributed by atoms with E-state index >= 15 is 0 Å². The lowest BCUT2D eigenvalue weighted by atomic mass is 10.0. The summed E-state index contributed by atoms with van der Waals surface area (Å²) in [6, 6.07) is 3.27. The van der Waals surface area contributed by atoms with Crippen molar-refractivity contribution in [3.05, 3.63) is 48.1 Å². The van der Waals surface area contributed by atoms with Gasteiger partial charge in [-0.1, -0.05) is 0 Å². The molecule has 0 fully saturated rings. The zero-order chi connectivity index (χ0) is 12.6. The quantitative estimate of drug-likeness (QED) is 0.871. The molecule has 0 aliphatic heterocycles. The van der Waals surface area contributed by atoms with Crippen LogP contribution < -0.4 is 5.73 Å². The summed E-state index contributed by atoms with van der Waals surface area (Å²) in [4.78, 5) is 3.93. The summed E-state index contributed by atoms with van der Waals surface area (Å²) in [5.74, 6) is -1.02. The van der Waals surface area contributed by atoms with Crippen molar-refractivity contribution < 1.29 is 8.78 Å². The molecule has 0 bridgehead atoms. The van der Waals surface area contributed by atoms with E-state index in [4.69, 9.17) is 5.73 Å². The minimum absolute atomic E-state index is 0.107. The molecule has 0 saturated carbocycles. The second-order valence-corrected chi connectivity index (χ2v) is 4.47. The Labute approximate surface area is 97.9 Å². The monoisotopic (exact) mass is 237 g/mol. The molecule has 1 aromatic heterocycles. The highest BCUT2D eigenvalue weighted by molar-refractivity contribution is 5.37. The van der Waals surface area contributed by atoms with Crippen molar-refractivity contribution in [2.75, 3.05) is 0 Å². The molecule has 0 aliphatic carbocycles. The van der Waals surface area contributed by atoms with Gasteiger partial charge < -0.3 is 5.73 Å². The van der Waals surface area contributed by atoms with Gasteiger partial charge in [-0.05, 0) is 26.0 Å². The van der Waals surface area contributed by atoms with Crippen LogP contribution in [-0.4, -0.2) is 9.55 Å². The topological polar surface area (TPSA) is 43.8 Å². The second-order valence-electron chi connectivity index (χ2n) is 4.47. The molecule has 3 nitrogen and oxygen atoms in total. The molecule has 0 saturated heterocycles. The number of aromatic nitrogens is 2. The number of nitrogens with zero attached hydrogens (tertiary/aromatic N) is 2. The molecule has 2 N–H and O–H groups in total. The van der Waals surface area contributed by atoms with Crippen LogP contribution in [0.4, 0.5) is 8.78 Å². The standard InChI is InChI=1S/C12H13F2N3/c1-12(2,15)11-6-16-7-17(11)10-5-8(13)3-4-9(10)14/h3-7H,15H2,1-2H3. The van der Waals surface area contributed by atoms with Crippen LogP contribution in [0, 0.1) is 11.6 Å². The van der Waals surface area contributed by atoms with Gasteiger partial charge in [-0.15, -0.1) is 0 Å². The lowest BCUT2D eigenvalue weighted by Gasteiger charge is -2.20. The van der Waals surface area contributed by atoms with Gasteiger partial charge in [-0.25, -0.2) is 13.8 Å². The van der Waals surface area contributed by atoms with E-state index in [1.165, 1.54) is 10.9 Å². The maximum absolute atomic E-state index is 13.6. The Kier molecular flexibility index (Phi) is 2.71. The molecule has 0 aliphatic rings. The Hall–Kier alpha value is -1.75. The summed E-state index contributed by atoms with van der Waals surface area (Å²) in [7, 11) is 0. The number of hydrogen-bond acceptors (Lipinski definition) is 2. The van der Waals surface area contributed by atoms with E-state index in [1.807, 2.05) is 0 Å². The van der Waals surface area contributed by atoms with Crippen LogP contribution in [-0.2, 0) is 5.54 Å². The number of imidazole rings is 1. The first kappa shape index (κ1) is 11.7. The molecule has 1 aromatic carbocycles. The van der Waals surface area contributed by atoms with E-state index in [0.717, 1.165) is 18.2 Å². The van der Waals surface area contributed by atoms with Crippen molar-refractivity contribution in [2.45, 2.75) is 19.4 Å². The van der Waals surface area contributed by atoms with Gasteiger partial charge in [-0.2, -0.15) is 0 Å². The maximum atomic E-state index is 13.6. The molecule has 2 rings (SSSR count). The average Bonchev–Trinajstić information content (AvgIpc) is 2.69. The number of rotatable bonds is 2. The SMILES string of the molecule is CC(C)(N)c1cncn1-c1cc(F)ccc1F. The highest BCUT2D eigenvalue weighted by Crippen LogP contribution is 2.22. The number of hydrogen-bond donors (Lipinski definition) is 1. The third kappa shape index (κ3) is 2.19. The molecular weight excluding hydrogens is 224 g/mol. The minimum Gasteiger partial charge on any atom is -0.321 e. The Morgan fingerprint density at radius 2 is 2.00 bits per heavy atom. The first-order valence-electron chi connectivity index (χ1n) is 5.17. The molecule has 0 atom stereocenters. The summed E-state index contributed by atoms with van der Waals surface area (Å²) in [6.07, 6.45) is 2.96. The molecule has 0 spiro atoms. The zero-order valence-electron chi connectivity index (χ0n) is 9.61. The maximum Gasteiger partial charge on any atom is 0.147 e. The van der Waals surface area contributed by atoms with Gasteiger partial charge in [0.2, 0.25) is 0 Å². The normalized spacial score (nSPS) is 11.8. The molecule has 5 heteroatoms. The third-order valence-corrected chi connectivity index (χ3v) is 2.47. The molecular formula is C12H13F2N3. The van der Waals surface area contributed by atoms with Crippen molar-refractivity contribution in [2.24, 2.45) is 5.73 Å². The van der Waals surface area contributed by atoms with E-state index in [2.05, 4.69) is 4.98 Å². The Morgan fingerprint density at radius 3 is 2.65 bits per heavy atom. The summed E-state index contributed by atoms with van der Waals surface area (Å²) in [5.41, 5.74) is 5.99. The van der Waals surface area contributed by atoms with Crippen molar-refractivity contribution >= 4 is 0 Å². The molecule has 0 unspecified atom stereocenters. The predicted molar refractivity (Wildman–Crippen MR) is 60.7 cm³/mol. The molecule has 1 heterocycles. The number of nitrogens with two attached hydrogens (primary N) is 1. The van der Waals surface area contributed by atoms with Gasteiger partial charge in [0.15, 0.2) is 0 Å². The second kappa shape index (κ2) is 3.92. The molecule has 90 valence electrons. The van der Waals surface area contributed by atoms with Crippen LogP contribution in [0.5, 0.6) is 0 Å². The van der Waals surface area contributed by atoms with Crippen molar-refractivity contribution in [3.63, 3.8) is 0 Å². The fourth-order valence-corrected chi connectivity index (χ4v) is 1.63. The van der Waals surface area contributed by atoms with Gasteiger partial charge >= 0.3 is 0 Å². The van der Waals surface area contributed by atoms with E-state index in [1.54, 1.807) is 20.0 Å². The predicted octanol–water partition coefficient (Wildman–Crippen LogP) is 2.34. The Balaban J connectivity index is 2.61. The van der Waals surface area contributed by atoms with E-state index in [9.17, 15) is 8.78 Å². The van der Waals surface area contributed by atoms with Crippen LogP contribution in [0.3, 0.4) is 0 Å². The van der Waals surface area contributed by atoms with E-state index < -0.39 is 17.2 Å². The van der Waals surface area contributed by atoms with Crippen LogP contribution in [0.25, 0.3) is 5.69 Å². The third-order valence-electron chi connectivity index (χ3n) is 2.47. The molecule has 0 radical (unpaired) electrons. The lowest BCUT2D eigenvalue weighted by Crippen LogP contribution is -2.31. The highest BCUT2D eigenvalue weighted by atomic mass is 19.1. The first-order chi connectivity index (χ1) is 7.89. The van der Waals surface area contributed by atoms with Crippen LogP contribution in [0.2, 0.25) is 0 Å². The number of benzene rings is 1. The van der Waals surface area contributed by atoms with E-state index in [0.29, 0.717) is 5.69 Å². The average molecular weight is 237 g/mol. The van der Waals surface area contributed by atoms with Gasteiger partial charge in [-0.3, -0.25) is 4.57 Å². The van der Waals surface area contributed by atoms with Gasteiger partial charge in [0.1, 0.15) is 11.6 Å². The van der Waals surface area contributed by atoms with Crippen molar-refractivity contribution in [3.8, 4) is 5.69 Å². The van der Waals surface area contributed by atoms with Gasteiger partial charge in [0, 0.05) is 6.07 Å². The Morgan fingerprint density at radius 1 is 1.29 bits per heavy atom. The smallest absolute Gasteiger partial charge is 0.147 e. The lowest BCUT2D eigenvalue weighted by molar-refractivity contribution is 0.517. The van der Waals surface area contributed by atoms with E-state index in [-0.39, 0.29) is 5.69 Å². The van der Waals surface area contributed by atoms with Gasteiger partial charge in [0.25, 0.3) is 0 Å². The summed E-state index contributed by atoms with van der Waals surface area (Å²) in [5, 5.41) is 0. The fraction of sp³-hybridized carbons (Fsp3) is 0.250. The number of halogens is 2. The summed E-state index contributed by atoms with van der Waals surface area (Å²) in [6.45, 7) is 3.55. The molecule has 17 heavy (non-hydrogen) atoms. The van der Waals surface area contributed by atoms with Crippen LogP contribution in [0.15, 0.2) is 30.7 Å². The van der Waals surface area contributed by atoms with Crippen molar-refractivity contribution in [1.29, 1.82) is 0 Å². The van der Waals surface area contributed by atoms with Crippen LogP contribution >= 0.6 is 0 Å². The Bertz CT molecular complexity index is 541. The summed E-state index contributed by atoms with van der Waals surface area (Å²) < 4.78 is 28.2. The largest absolute Gasteiger partial charge is 0.321 e. The van der Waals surface area contributed by atoms with Crippen LogP contribution in [0.1, 0.15) is 19.5 Å². The highest BCUT2D eigenvalue weighted by Gasteiger charge is 2.21. The molecule has 0 amide bonds. The van der Waals surface area contributed by atoms with Crippen molar-refractivity contribution in [1.82, 2.24) is 9.55 Å². The minimum atomic E-state index is -0.685. The van der Waals surface area contributed by atoms with Gasteiger partial charge in [0.05, 0.1) is 29.4 Å². The summed E-state index contributed by atoms with van der Waals surface area (Å²) >= 11 is 0. The first-order valence-corrected chi connectivity index (χ1v) is 5.17.